The highest BCUT2D eigenvalue weighted by Crippen LogP contribution is 2.35. The molecule has 6 nitrogen and oxygen atoms in total. The molecule has 1 saturated carbocycles. The van der Waals surface area contributed by atoms with Crippen LogP contribution in [0.25, 0.3) is 0 Å². The molecule has 102 valence electrons. The van der Waals surface area contributed by atoms with E-state index < -0.39 is 10.8 Å². The minimum absolute atomic E-state index is 0.107. The fraction of sp³-hybridized carbons (Fsp3) is 0.462. The Morgan fingerprint density at radius 2 is 2.05 bits per heavy atom. The first-order chi connectivity index (χ1) is 8.91. The number of nitrogens with one attached hydrogen (secondary N) is 1. The van der Waals surface area contributed by atoms with Gasteiger partial charge in [-0.2, -0.15) is 0 Å². The van der Waals surface area contributed by atoms with Crippen molar-refractivity contribution in [1.29, 1.82) is 0 Å². The Kier molecular flexibility index (Phi) is 3.42. The van der Waals surface area contributed by atoms with E-state index in [1.54, 1.807) is 6.07 Å². The van der Waals surface area contributed by atoms with Crippen molar-refractivity contribution in [2.45, 2.75) is 38.1 Å². The van der Waals surface area contributed by atoms with Crippen LogP contribution in [0.4, 0.5) is 11.4 Å². The Bertz CT molecular complexity index is 522. The first kappa shape index (κ1) is 13.3. The zero-order valence-corrected chi connectivity index (χ0v) is 10.8. The van der Waals surface area contributed by atoms with Gasteiger partial charge in [0.1, 0.15) is 5.69 Å². The monoisotopic (exact) mass is 263 g/mol. The maximum Gasteiger partial charge on any atom is 0.293 e. The van der Waals surface area contributed by atoms with Gasteiger partial charge in [-0.3, -0.25) is 14.9 Å². The molecule has 1 aromatic carbocycles. The highest BCUT2D eigenvalue weighted by Gasteiger charge is 2.30. The largest absolute Gasteiger partial charge is 0.374 e. The number of primary amides is 1. The van der Waals surface area contributed by atoms with Gasteiger partial charge in [0.2, 0.25) is 5.91 Å². The zero-order chi connectivity index (χ0) is 14.0. The first-order valence-electron chi connectivity index (χ1n) is 6.28. The molecular formula is C13H17N3O3. The third kappa shape index (κ3) is 2.83. The SMILES string of the molecule is CC1(Nc2ccc(C(N)=O)cc2[N+](=O)[O-])CCCC1. The van der Waals surface area contributed by atoms with E-state index in [1.165, 1.54) is 12.1 Å². The highest BCUT2D eigenvalue weighted by molar-refractivity contribution is 5.94. The zero-order valence-electron chi connectivity index (χ0n) is 10.8. The van der Waals surface area contributed by atoms with Crippen molar-refractivity contribution in [1.82, 2.24) is 0 Å². The molecule has 3 N–H and O–H groups in total. The molecule has 2 rings (SSSR count). The molecule has 1 aliphatic rings. The molecule has 0 spiro atoms. The second-order valence-corrected chi connectivity index (χ2v) is 5.25. The van der Waals surface area contributed by atoms with E-state index >= 15 is 0 Å². The van der Waals surface area contributed by atoms with Crippen LogP contribution in [0.1, 0.15) is 43.0 Å². The van der Waals surface area contributed by atoms with Gasteiger partial charge in [0.15, 0.2) is 0 Å². The number of hydrogen-bond acceptors (Lipinski definition) is 4. The predicted molar refractivity (Wildman–Crippen MR) is 72.1 cm³/mol. The summed E-state index contributed by atoms with van der Waals surface area (Å²) < 4.78 is 0. The van der Waals surface area contributed by atoms with Crippen LogP contribution in [0.3, 0.4) is 0 Å². The van der Waals surface area contributed by atoms with Crippen LogP contribution in [0.15, 0.2) is 18.2 Å². The Labute approximate surface area is 111 Å². The maximum absolute atomic E-state index is 11.1. The van der Waals surface area contributed by atoms with Crippen molar-refractivity contribution in [3.63, 3.8) is 0 Å². The number of amides is 1. The van der Waals surface area contributed by atoms with Crippen molar-refractivity contribution < 1.29 is 9.72 Å². The van der Waals surface area contributed by atoms with Crippen LogP contribution >= 0.6 is 0 Å². The van der Waals surface area contributed by atoms with Gasteiger partial charge >= 0.3 is 0 Å². The lowest BCUT2D eigenvalue weighted by Crippen LogP contribution is -2.31. The average Bonchev–Trinajstić information content (AvgIpc) is 2.75. The van der Waals surface area contributed by atoms with E-state index in [-0.39, 0.29) is 16.8 Å². The summed E-state index contributed by atoms with van der Waals surface area (Å²) in [7, 11) is 0. The van der Waals surface area contributed by atoms with E-state index in [9.17, 15) is 14.9 Å². The van der Waals surface area contributed by atoms with E-state index in [4.69, 9.17) is 5.73 Å². The summed E-state index contributed by atoms with van der Waals surface area (Å²) >= 11 is 0. The summed E-state index contributed by atoms with van der Waals surface area (Å²) in [6.07, 6.45) is 4.22. The van der Waals surface area contributed by atoms with Crippen LogP contribution in [-0.2, 0) is 0 Å². The Morgan fingerprint density at radius 3 is 2.58 bits per heavy atom. The molecule has 1 amide bonds. The number of nitro groups is 1. The molecule has 0 unspecified atom stereocenters. The molecule has 0 aromatic heterocycles. The number of benzene rings is 1. The van der Waals surface area contributed by atoms with Crippen molar-refractivity contribution in [2.24, 2.45) is 5.73 Å². The van der Waals surface area contributed by atoms with Crippen LogP contribution in [-0.4, -0.2) is 16.4 Å². The first-order valence-corrected chi connectivity index (χ1v) is 6.28. The normalized spacial score (nSPS) is 17.1. The van der Waals surface area contributed by atoms with Gasteiger partial charge in [-0.1, -0.05) is 12.8 Å². The van der Waals surface area contributed by atoms with Gasteiger partial charge < -0.3 is 11.1 Å². The summed E-state index contributed by atoms with van der Waals surface area (Å²) in [4.78, 5) is 21.7. The number of anilines is 1. The molecule has 1 fully saturated rings. The van der Waals surface area contributed by atoms with Gasteiger partial charge in [-0.25, -0.2) is 0 Å². The minimum Gasteiger partial charge on any atom is -0.374 e. The van der Waals surface area contributed by atoms with Gasteiger partial charge in [0, 0.05) is 17.2 Å². The highest BCUT2D eigenvalue weighted by atomic mass is 16.6. The number of rotatable bonds is 4. The summed E-state index contributed by atoms with van der Waals surface area (Å²) in [5, 5.41) is 14.3. The molecule has 19 heavy (non-hydrogen) atoms. The van der Waals surface area contributed by atoms with E-state index in [1.807, 2.05) is 0 Å². The van der Waals surface area contributed by atoms with Crippen molar-refractivity contribution >= 4 is 17.3 Å². The molecule has 0 heterocycles. The number of nitrogens with two attached hydrogens (primary N) is 1. The average molecular weight is 263 g/mol. The summed E-state index contributed by atoms with van der Waals surface area (Å²) in [6.45, 7) is 2.06. The van der Waals surface area contributed by atoms with E-state index in [0.717, 1.165) is 25.7 Å². The molecule has 1 aliphatic carbocycles. The number of carbonyl (C=O) groups excluding carboxylic acids is 1. The predicted octanol–water partition coefficient (Wildman–Crippen LogP) is 2.44. The van der Waals surface area contributed by atoms with E-state index in [2.05, 4.69) is 12.2 Å². The van der Waals surface area contributed by atoms with Crippen LogP contribution in [0, 0.1) is 10.1 Å². The number of hydrogen-bond donors (Lipinski definition) is 2. The minimum atomic E-state index is -0.665. The Balaban J connectivity index is 2.34. The van der Waals surface area contributed by atoms with Crippen molar-refractivity contribution in [3.8, 4) is 0 Å². The number of carbonyl (C=O) groups is 1. The summed E-state index contributed by atoms with van der Waals surface area (Å²) in [5.74, 6) is -0.665. The molecule has 0 atom stereocenters. The van der Waals surface area contributed by atoms with Crippen LogP contribution in [0.2, 0.25) is 0 Å². The van der Waals surface area contributed by atoms with Gasteiger partial charge in [0.25, 0.3) is 5.69 Å². The van der Waals surface area contributed by atoms with Crippen LogP contribution < -0.4 is 11.1 Å². The molecule has 6 heteroatoms. The topological polar surface area (TPSA) is 98.3 Å². The molecule has 0 radical (unpaired) electrons. The number of nitro benzene ring substituents is 1. The van der Waals surface area contributed by atoms with Crippen molar-refractivity contribution in [2.75, 3.05) is 5.32 Å². The summed E-state index contributed by atoms with van der Waals surface area (Å²) in [6, 6.07) is 4.29. The maximum atomic E-state index is 11.1. The molecule has 0 saturated heterocycles. The molecule has 0 aliphatic heterocycles. The lowest BCUT2D eigenvalue weighted by Gasteiger charge is -2.26. The molecular weight excluding hydrogens is 246 g/mol. The third-order valence-electron chi connectivity index (χ3n) is 3.62. The fourth-order valence-corrected chi connectivity index (χ4v) is 2.55. The molecule has 1 aromatic rings. The number of nitrogens with zero attached hydrogens (tertiary/aromatic N) is 1. The Hall–Kier alpha value is -2.11. The second-order valence-electron chi connectivity index (χ2n) is 5.25. The molecule has 0 bridgehead atoms. The smallest absolute Gasteiger partial charge is 0.293 e. The standard InChI is InChI=1S/C13H17N3O3/c1-13(6-2-3-7-13)15-10-5-4-9(12(14)17)8-11(10)16(18)19/h4-5,8,15H,2-3,6-7H2,1H3,(H2,14,17). The summed E-state index contributed by atoms with van der Waals surface area (Å²) in [5.41, 5.74) is 5.51. The third-order valence-corrected chi connectivity index (χ3v) is 3.62. The lowest BCUT2D eigenvalue weighted by molar-refractivity contribution is -0.384. The second kappa shape index (κ2) is 4.87. The van der Waals surface area contributed by atoms with Gasteiger partial charge in [-0.15, -0.1) is 0 Å². The van der Waals surface area contributed by atoms with Crippen LogP contribution in [0.5, 0.6) is 0 Å². The van der Waals surface area contributed by atoms with E-state index in [0.29, 0.717) is 5.69 Å². The van der Waals surface area contributed by atoms with Gasteiger partial charge in [0.05, 0.1) is 4.92 Å². The Morgan fingerprint density at radius 1 is 1.42 bits per heavy atom. The van der Waals surface area contributed by atoms with Gasteiger partial charge in [-0.05, 0) is 31.9 Å². The lowest BCUT2D eigenvalue weighted by atomic mass is 9.99. The fourth-order valence-electron chi connectivity index (χ4n) is 2.55. The quantitative estimate of drug-likeness (QED) is 0.643. The van der Waals surface area contributed by atoms with Crippen molar-refractivity contribution in [3.05, 3.63) is 33.9 Å².